The molecule has 1 N–H and O–H groups in total. The minimum Gasteiger partial charge on any atom is -0.334 e. The molecule has 56 valence electrons. The van der Waals surface area contributed by atoms with Crippen molar-refractivity contribution in [1.82, 2.24) is 15.0 Å². The van der Waals surface area contributed by atoms with Crippen LogP contribution < -0.4 is 0 Å². The lowest BCUT2D eigenvalue weighted by Crippen LogP contribution is -1.82. The van der Waals surface area contributed by atoms with E-state index in [1.165, 1.54) is 0 Å². The number of H-pyrrole nitrogens is 1. The van der Waals surface area contributed by atoms with Crippen LogP contribution in [0.15, 0.2) is 17.0 Å². The molecule has 0 bridgehead atoms. The van der Waals surface area contributed by atoms with Gasteiger partial charge in [-0.3, -0.25) is 0 Å². The quantitative estimate of drug-likeness (QED) is 0.597. The molecule has 0 unspecified atom stereocenters. The van der Waals surface area contributed by atoms with Crippen LogP contribution >= 0.6 is 38.5 Å². The summed E-state index contributed by atoms with van der Waals surface area (Å²) in [5, 5.41) is 1.06. The van der Waals surface area contributed by atoms with Crippen LogP contribution in [0.25, 0.3) is 11.0 Å². The van der Waals surface area contributed by atoms with Crippen molar-refractivity contribution in [1.29, 1.82) is 0 Å². The fourth-order valence-corrected chi connectivity index (χ4v) is 1.83. The number of nitrogens with one attached hydrogen (secondary N) is 1. The summed E-state index contributed by atoms with van der Waals surface area (Å²) in [6.45, 7) is 0. The number of aromatic nitrogens is 3. The Balaban J connectivity index is 2.90. The number of nitrogens with zero attached hydrogens (tertiary/aromatic N) is 2. The maximum Gasteiger partial charge on any atom is 0.142 e. The van der Waals surface area contributed by atoms with E-state index in [9.17, 15) is 0 Å². The molecule has 2 heterocycles. The number of rotatable bonds is 0. The highest BCUT2D eigenvalue weighted by atomic mass is 127. The Morgan fingerprint density at radius 1 is 1.45 bits per heavy atom. The Hall–Kier alpha value is -0.170. The summed E-state index contributed by atoms with van der Waals surface area (Å²) in [4.78, 5) is 11.2. The molecule has 0 atom stereocenters. The van der Waals surface area contributed by atoms with Crippen LogP contribution in [0.1, 0.15) is 0 Å². The highest BCUT2D eigenvalue weighted by Gasteiger charge is 2.02. The van der Waals surface area contributed by atoms with E-state index in [0.29, 0.717) is 0 Å². The summed E-state index contributed by atoms with van der Waals surface area (Å²) in [6.07, 6.45) is 1.55. The number of fused-ring (bicyclic) bond motifs is 1. The molecule has 0 spiro atoms. The average molecular weight is 324 g/mol. The minimum absolute atomic E-state index is 0.872. The smallest absolute Gasteiger partial charge is 0.142 e. The molecular weight excluding hydrogens is 321 g/mol. The van der Waals surface area contributed by atoms with Crippen molar-refractivity contribution in [3.05, 3.63) is 20.7 Å². The molecule has 0 fully saturated rings. The van der Waals surface area contributed by atoms with Gasteiger partial charge in [0, 0.05) is 0 Å². The van der Waals surface area contributed by atoms with Crippen LogP contribution in [0.2, 0.25) is 0 Å². The van der Waals surface area contributed by atoms with E-state index in [-0.39, 0.29) is 0 Å². The van der Waals surface area contributed by atoms with Gasteiger partial charge >= 0.3 is 0 Å². The van der Waals surface area contributed by atoms with Gasteiger partial charge in [-0.25, -0.2) is 9.97 Å². The highest BCUT2D eigenvalue weighted by molar-refractivity contribution is 14.1. The molecule has 0 radical (unpaired) electrons. The van der Waals surface area contributed by atoms with Gasteiger partial charge in [-0.2, -0.15) is 0 Å². The van der Waals surface area contributed by atoms with Gasteiger partial charge in [0.05, 0.1) is 9.99 Å². The van der Waals surface area contributed by atoms with Gasteiger partial charge < -0.3 is 4.98 Å². The molecule has 0 aliphatic rings. The standard InChI is InChI=1S/C6H3BrIN3/c7-4-1-3-5(8)9-2-10-6(3)11-4/h1-2H,(H,9,10,11). The van der Waals surface area contributed by atoms with E-state index < -0.39 is 0 Å². The SMILES string of the molecule is Brc1cc2c(I)ncnc2[nH]1. The summed E-state index contributed by atoms with van der Waals surface area (Å²) >= 11 is 5.51. The molecule has 0 aromatic carbocycles. The third-order valence-electron chi connectivity index (χ3n) is 1.34. The van der Waals surface area contributed by atoms with Crippen LogP contribution in [0.4, 0.5) is 0 Å². The van der Waals surface area contributed by atoms with Gasteiger partial charge in [-0.15, -0.1) is 0 Å². The average Bonchev–Trinajstić information content (AvgIpc) is 2.31. The molecule has 2 aromatic heterocycles. The number of aromatic amines is 1. The van der Waals surface area contributed by atoms with E-state index in [1.807, 2.05) is 6.07 Å². The third kappa shape index (κ3) is 1.26. The van der Waals surface area contributed by atoms with Crippen LogP contribution in [-0.2, 0) is 0 Å². The second-order valence-electron chi connectivity index (χ2n) is 2.04. The maximum absolute atomic E-state index is 4.06. The lowest BCUT2D eigenvalue weighted by molar-refractivity contribution is 1.17. The predicted octanol–water partition coefficient (Wildman–Crippen LogP) is 2.32. The highest BCUT2D eigenvalue weighted by Crippen LogP contribution is 2.20. The van der Waals surface area contributed by atoms with Crippen molar-refractivity contribution in [3.8, 4) is 0 Å². The van der Waals surface area contributed by atoms with Gasteiger partial charge in [-0.05, 0) is 44.6 Å². The molecule has 0 saturated carbocycles. The van der Waals surface area contributed by atoms with Crippen LogP contribution in [0.3, 0.4) is 0 Å². The zero-order chi connectivity index (χ0) is 7.84. The number of hydrogen-bond acceptors (Lipinski definition) is 2. The van der Waals surface area contributed by atoms with E-state index >= 15 is 0 Å². The second-order valence-corrected chi connectivity index (χ2v) is 3.92. The zero-order valence-corrected chi connectivity index (χ0v) is 9.05. The summed E-state index contributed by atoms with van der Waals surface area (Å²) in [5.41, 5.74) is 0.872. The van der Waals surface area contributed by atoms with Crippen LogP contribution in [0.5, 0.6) is 0 Å². The van der Waals surface area contributed by atoms with Crippen molar-refractivity contribution in [2.24, 2.45) is 0 Å². The molecule has 0 aliphatic carbocycles. The van der Waals surface area contributed by atoms with E-state index in [0.717, 1.165) is 19.3 Å². The first-order valence-electron chi connectivity index (χ1n) is 2.92. The molecule has 0 aliphatic heterocycles. The molecule has 0 saturated heterocycles. The zero-order valence-electron chi connectivity index (χ0n) is 5.31. The summed E-state index contributed by atoms with van der Waals surface area (Å²) < 4.78 is 1.90. The van der Waals surface area contributed by atoms with Gasteiger partial charge in [0.15, 0.2) is 0 Å². The van der Waals surface area contributed by atoms with E-state index in [4.69, 9.17) is 0 Å². The van der Waals surface area contributed by atoms with Crippen LogP contribution in [-0.4, -0.2) is 15.0 Å². The summed E-state index contributed by atoms with van der Waals surface area (Å²) in [5.74, 6) is 0. The Kier molecular flexibility index (Phi) is 1.84. The second kappa shape index (κ2) is 2.71. The van der Waals surface area contributed by atoms with Crippen molar-refractivity contribution >= 4 is 49.6 Å². The van der Waals surface area contributed by atoms with Crippen molar-refractivity contribution < 1.29 is 0 Å². The Morgan fingerprint density at radius 2 is 2.27 bits per heavy atom. The fourth-order valence-electron chi connectivity index (χ4n) is 0.878. The molecule has 5 heteroatoms. The topological polar surface area (TPSA) is 41.6 Å². The molecular formula is C6H3BrIN3. The van der Waals surface area contributed by atoms with Gasteiger partial charge in [0.25, 0.3) is 0 Å². The molecule has 3 nitrogen and oxygen atoms in total. The Labute approximate surface area is 84.9 Å². The normalized spacial score (nSPS) is 10.7. The first-order chi connectivity index (χ1) is 5.27. The van der Waals surface area contributed by atoms with Gasteiger partial charge in [-0.1, -0.05) is 0 Å². The van der Waals surface area contributed by atoms with Crippen molar-refractivity contribution in [2.75, 3.05) is 0 Å². The van der Waals surface area contributed by atoms with E-state index in [2.05, 4.69) is 53.5 Å². The monoisotopic (exact) mass is 323 g/mol. The predicted molar refractivity (Wildman–Crippen MR) is 54.3 cm³/mol. The lowest BCUT2D eigenvalue weighted by Gasteiger charge is -1.88. The van der Waals surface area contributed by atoms with Crippen molar-refractivity contribution in [2.45, 2.75) is 0 Å². The third-order valence-corrected chi connectivity index (χ3v) is 2.63. The number of hydrogen-bond donors (Lipinski definition) is 1. The fraction of sp³-hybridized carbons (Fsp3) is 0. The molecule has 2 aromatic rings. The largest absolute Gasteiger partial charge is 0.334 e. The summed E-state index contributed by atoms with van der Waals surface area (Å²) in [6, 6.07) is 1.97. The number of halogens is 2. The molecule has 2 rings (SSSR count). The van der Waals surface area contributed by atoms with Gasteiger partial charge in [0.1, 0.15) is 15.7 Å². The van der Waals surface area contributed by atoms with Crippen LogP contribution in [0, 0.1) is 3.70 Å². The molecule has 0 amide bonds. The first kappa shape index (κ1) is 7.48. The van der Waals surface area contributed by atoms with Crippen molar-refractivity contribution in [3.63, 3.8) is 0 Å². The summed E-state index contributed by atoms with van der Waals surface area (Å²) in [7, 11) is 0. The molecule has 11 heavy (non-hydrogen) atoms. The maximum atomic E-state index is 4.06. The minimum atomic E-state index is 0.872. The lowest BCUT2D eigenvalue weighted by atomic mass is 10.4. The Morgan fingerprint density at radius 3 is 3.00 bits per heavy atom. The van der Waals surface area contributed by atoms with E-state index in [1.54, 1.807) is 6.33 Å². The Bertz CT molecular complexity index is 398. The van der Waals surface area contributed by atoms with Gasteiger partial charge in [0.2, 0.25) is 0 Å². The first-order valence-corrected chi connectivity index (χ1v) is 4.79.